The van der Waals surface area contributed by atoms with Gasteiger partial charge in [-0.05, 0) is 52.0 Å². The van der Waals surface area contributed by atoms with Crippen molar-refractivity contribution in [3.63, 3.8) is 0 Å². The van der Waals surface area contributed by atoms with Crippen LogP contribution in [0.15, 0.2) is 36.4 Å². The predicted molar refractivity (Wildman–Crippen MR) is 174 cm³/mol. The topological polar surface area (TPSA) is 165 Å². The normalized spacial score (nSPS) is 11.2. The molecule has 0 saturated heterocycles. The summed E-state index contributed by atoms with van der Waals surface area (Å²) in [6, 6.07) is 8.52. The molecule has 0 spiro atoms. The Balaban J connectivity index is 2.41. The molecule has 2 N–H and O–H groups in total. The zero-order valence-electron chi connectivity index (χ0n) is 28.8. The van der Waals surface area contributed by atoms with E-state index in [4.69, 9.17) is 38.9 Å². The number of hydrogen-bond acceptors (Lipinski definition) is 14. The van der Waals surface area contributed by atoms with Crippen molar-refractivity contribution in [3.8, 4) is 17.2 Å². The molecular weight excluding hydrogens is 633 g/mol. The monoisotopic (exact) mass is 679 g/mol. The van der Waals surface area contributed by atoms with E-state index in [-0.39, 0.29) is 56.6 Å². The van der Waals surface area contributed by atoms with Gasteiger partial charge < -0.3 is 48.7 Å². The molecule has 14 nitrogen and oxygen atoms in total. The van der Waals surface area contributed by atoms with Gasteiger partial charge in [0.25, 0.3) is 0 Å². The second-order valence-electron chi connectivity index (χ2n) is 12.0. The van der Waals surface area contributed by atoms with Gasteiger partial charge in [-0.15, -0.1) is 0 Å². The minimum absolute atomic E-state index is 0.0212. The molecule has 0 bridgehead atoms. The number of nitrogens with two attached hydrogens (primary N) is 1. The summed E-state index contributed by atoms with van der Waals surface area (Å²) in [7, 11) is 4.85. The highest BCUT2D eigenvalue weighted by Gasteiger charge is 2.29. The van der Waals surface area contributed by atoms with Crippen molar-refractivity contribution in [1.82, 2.24) is 0 Å². The molecule has 0 unspecified atom stereocenters. The Morgan fingerprint density at radius 1 is 0.667 bits per heavy atom. The third-order valence-corrected chi connectivity index (χ3v) is 6.60. The predicted octanol–water partition coefficient (Wildman–Crippen LogP) is 2.87. The molecule has 15 heteroatoms. The maximum absolute atomic E-state index is 14.3. The maximum atomic E-state index is 14.3. The number of hydrogen-bond donors (Lipinski definition) is 1. The standard InChI is InChI=1S/C33H46FN3O11/c1-32(2,35)21-33(3,4)48-23-10-12-25(37(19-30(40)44-7)20-31(41)45-8)27(16-23)47-14-13-46-26-15-22(34)9-11-24(26)36(17-28(38)42-5)18-29(39)43-6/h9-12,15-16H,13-14,17-21,35H2,1-8H3. The van der Waals surface area contributed by atoms with Crippen molar-refractivity contribution in [2.24, 2.45) is 5.73 Å². The van der Waals surface area contributed by atoms with Gasteiger partial charge in [0.05, 0.1) is 39.8 Å². The van der Waals surface area contributed by atoms with E-state index in [0.717, 1.165) is 12.1 Å². The van der Waals surface area contributed by atoms with Crippen LogP contribution in [0.4, 0.5) is 15.8 Å². The minimum Gasteiger partial charge on any atom is -0.488 e. The Morgan fingerprint density at radius 2 is 1.06 bits per heavy atom. The molecule has 0 aliphatic carbocycles. The van der Waals surface area contributed by atoms with Crippen molar-refractivity contribution in [3.05, 3.63) is 42.2 Å². The highest BCUT2D eigenvalue weighted by Crippen LogP contribution is 2.36. The van der Waals surface area contributed by atoms with Crippen LogP contribution < -0.4 is 29.7 Å². The highest BCUT2D eigenvalue weighted by atomic mass is 19.1. The summed E-state index contributed by atoms with van der Waals surface area (Å²) in [5.41, 5.74) is 5.62. The quantitative estimate of drug-likeness (QED) is 0.131. The van der Waals surface area contributed by atoms with E-state index < -0.39 is 40.8 Å². The zero-order chi connectivity index (χ0) is 36.1. The van der Waals surface area contributed by atoms with Crippen molar-refractivity contribution in [2.45, 2.75) is 45.3 Å². The molecule has 0 radical (unpaired) electrons. The van der Waals surface area contributed by atoms with Gasteiger partial charge in [0, 0.05) is 24.1 Å². The van der Waals surface area contributed by atoms with E-state index >= 15 is 0 Å². The van der Waals surface area contributed by atoms with E-state index in [1.807, 2.05) is 27.7 Å². The summed E-state index contributed by atoms with van der Waals surface area (Å²) in [5, 5.41) is 0. The van der Waals surface area contributed by atoms with E-state index in [0.29, 0.717) is 17.9 Å². The highest BCUT2D eigenvalue weighted by molar-refractivity contribution is 5.83. The molecule has 266 valence electrons. The minimum atomic E-state index is -0.675. The first-order valence-corrected chi connectivity index (χ1v) is 14.9. The van der Waals surface area contributed by atoms with Gasteiger partial charge in [0.2, 0.25) is 0 Å². The molecule has 0 aliphatic heterocycles. The number of rotatable bonds is 19. The SMILES string of the molecule is COC(=O)CN(CC(=O)OC)c1ccc(F)cc1OCCOc1cc(OC(C)(C)CC(C)(C)N)ccc1N(CC(=O)OC)CC(=O)OC. The summed E-state index contributed by atoms with van der Waals surface area (Å²) in [4.78, 5) is 51.4. The second-order valence-corrected chi connectivity index (χ2v) is 12.0. The molecule has 0 aliphatic rings. The smallest absolute Gasteiger partial charge is 0.325 e. The number of nitrogens with zero attached hydrogens (tertiary/aromatic N) is 2. The fourth-order valence-electron chi connectivity index (χ4n) is 4.89. The molecular formula is C33H46FN3O11. The van der Waals surface area contributed by atoms with Crippen LogP contribution >= 0.6 is 0 Å². The third-order valence-electron chi connectivity index (χ3n) is 6.60. The van der Waals surface area contributed by atoms with Gasteiger partial charge >= 0.3 is 23.9 Å². The van der Waals surface area contributed by atoms with Crippen LogP contribution in [0, 0.1) is 5.82 Å². The molecule has 2 rings (SSSR count). The lowest BCUT2D eigenvalue weighted by Crippen LogP contribution is -2.43. The number of carbonyl (C=O) groups excluding carboxylic acids is 4. The lowest BCUT2D eigenvalue weighted by atomic mass is 9.90. The molecule has 0 aromatic heterocycles. The number of methoxy groups -OCH3 is 4. The maximum Gasteiger partial charge on any atom is 0.325 e. The molecule has 0 amide bonds. The molecule has 2 aromatic carbocycles. The van der Waals surface area contributed by atoms with Gasteiger partial charge in [0.1, 0.15) is 68.1 Å². The van der Waals surface area contributed by atoms with Crippen LogP contribution in [0.2, 0.25) is 0 Å². The van der Waals surface area contributed by atoms with E-state index in [1.54, 1.807) is 18.2 Å². The Labute approximate surface area is 280 Å². The molecule has 0 heterocycles. The van der Waals surface area contributed by atoms with Gasteiger partial charge in [0.15, 0.2) is 0 Å². The number of carbonyl (C=O) groups is 4. The van der Waals surface area contributed by atoms with Gasteiger partial charge in [-0.3, -0.25) is 19.2 Å². The van der Waals surface area contributed by atoms with Gasteiger partial charge in [-0.25, -0.2) is 4.39 Å². The van der Waals surface area contributed by atoms with E-state index in [9.17, 15) is 23.6 Å². The summed E-state index contributed by atoms with van der Waals surface area (Å²) in [6.07, 6.45) is 0.515. The Morgan fingerprint density at radius 3 is 1.46 bits per heavy atom. The van der Waals surface area contributed by atoms with Crippen molar-refractivity contribution in [1.29, 1.82) is 0 Å². The summed E-state index contributed by atoms with van der Waals surface area (Å²) in [6.45, 7) is 6.06. The largest absolute Gasteiger partial charge is 0.488 e. The first-order valence-electron chi connectivity index (χ1n) is 14.9. The van der Waals surface area contributed by atoms with Crippen molar-refractivity contribution >= 4 is 35.3 Å². The lowest BCUT2D eigenvalue weighted by molar-refractivity contribution is -0.141. The number of ether oxygens (including phenoxy) is 7. The van der Waals surface area contributed by atoms with Crippen LogP contribution in [0.25, 0.3) is 0 Å². The molecule has 2 aromatic rings. The van der Waals surface area contributed by atoms with Crippen LogP contribution in [0.3, 0.4) is 0 Å². The average molecular weight is 680 g/mol. The van der Waals surface area contributed by atoms with E-state index in [2.05, 4.69) is 0 Å². The fourth-order valence-corrected chi connectivity index (χ4v) is 4.89. The zero-order valence-corrected chi connectivity index (χ0v) is 28.8. The van der Waals surface area contributed by atoms with Crippen molar-refractivity contribution in [2.75, 3.05) is 77.6 Å². The Kier molecular flexibility index (Phi) is 14.7. The average Bonchev–Trinajstić information content (AvgIpc) is 3.00. The van der Waals surface area contributed by atoms with E-state index in [1.165, 1.54) is 44.3 Å². The molecule has 0 saturated carbocycles. The third kappa shape index (κ3) is 13.1. The number of esters is 4. The number of halogens is 1. The molecule has 48 heavy (non-hydrogen) atoms. The fraction of sp³-hybridized carbons (Fsp3) is 0.515. The first-order chi connectivity index (χ1) is 22.5. The van der Waals surface area contributed by atoms with Gasteiger partial charge in [-0.2, -0.15) is 0 Å². The van der Waals surface area contributed by atoms with Crippen LogP contribution in [-0.2, 0) is 38.1 Å². The summed E-state index contributed by atoms with van der Waals surface area (Å²) < 4.78 is 51.6. The summed E-state index contributed by atoms with van der Waals surface area (Å²) >= 11 is 0. The number of anilines is 2. The Hall–Kier alpha value is -4.79. The van der Waals surface area contributed by atoms with Crippen LogP contribution in [0.5, 0.6) is 17.2 Å². The Bertz CT molecular complexity index is 1380. The lowest BCUT2D eigenvalue weighted by Gasteiger charge is -2.33. The number of benzene rings is 2. The summed E-state index contributed by atoms with van der Waals surface area (Å²) in [5.74, 6) is -2.46. The van der Waals surface area contributed by atoms with Crippen LogP contribution in [-0.4, -0.2) is 103 Å². The molecule has 0 atom stereocenters. The van der Waals surface area contributed by atoms with Crippen LogP contribution in [0.1, 0.15) is 34.1 Å². The van der Waals surface area contributed by atoms with Crippen molar-refractivity contribution < 1.29 is 56.7 Å². The first kappa shape index (κ1) is 39.4. The molecule has 0 fully saturated rings. The second kappa shape index (κ2) is 17.9. The van der Waals surface area contributed by atoms with Gasteiger partial charge in [-0.1, -0.05) is 0 Å².